The number of hydrogen-bond acceptors (Lipinski definition) is 5. The minimum Gasteiger partial charge on any atom is -0.380 e. The first-order valence-electron chi connectivity index (χ1n) is 11.6. The Morgan fingerprint density at radius 2 is 1.83 bits per heavy atom. The van der Waals surface area contributed by atoms with Gasteiger partial charge in [0, 0.05) is 61.3 Å². The van der Waals surface area contributed by atoms with Crippen LogP contribution in [0.2, 0.25) is 0 Å². The van der Waals surface area contributed by atoms with Gasteiger partial charge in [-0.1, -0.05) is 30.3 Å². The van der Waals surface area contributed by atoms with Crippen LogP contribution < -0.4 is 16.2 Å². The topological polar surface area (TPSA) is 100 Å². The fraction of sp³-hybridized carbons (Fsp3) is 0.296. The normalized spacial score (nSPS) is 17.5. The van der Waals surface area contributed by atoms with Crippen LogP contribution in [0.1, 0.15) is 41.3 Å². The fourth-order valence-corrected chi connectivity index (χ4v) is 4.21. The summed E-state index contributed by atoms with van der Waals surface area (Å²) in [5, 5.41) is 5.92. The quantitative estimate of drug-likeness (QED) is 0.379. The summed E-state index contributed by atoms with van der Waals surface area (Å²) in [6.45, 7) is 1.61. The second kappa shape index (κ2) is 10.4. The van der Waals surface area contributed by atoms with E-state index in [1.807, 2.05) is 0 Å². The summed E-state index contributed by atoms with van der Waals surface area (Å²) < 4.78 is 33.2. The van der Waals surface area contributed by atoms with E-state index < -0.39 is 11.3 Å². The van der Waals surface area contributed by atoms with Crippen LogP contribution in [0.25, 0.3) is 0 Å². The number of ether oxygens (including phenoxy) is 1. The number of nitrogens with one attached hydrogen (secondary N) is 3. The van der Waals surface area contributed by atoms with Crippen LogP contribution in [0.5, 0.6) is 0 Å². The zero-order valence-corrected chi connectivity index (χ0v) is 19.8. The smallest absolute Gasteiger partial charge is 0.272 e. The zero-order valence-electron chi connectivity index (χ0n) is 19.8. The van der Waals surface area contributed by atoms with Crippen molar-refractivity contribution in [2.24, 2.45) is 5.41 Å². The molecular formula is C27H27F2N3O4. The highest BCUT2D eigenvalue weighted by molar-refractivity contribution is 5.99. The van der Waals surface area contributed by atoms with Crippen LogP contribution in [0.4, 0.5) is 20.2 Å². The maximum atomic E-state index is 13.9. The second-order valence-corrected chi connectivity index (χ2v) is 9.06. The van der Waals surface area contributed by atoms with Crippen LogP contribution in [0, 0.1) is 5.41 Å². The number of carbonyl (C=O) groups is 2. The number of anilines is 2. The Morgan fingerprint density at radius 1 is 1.08 bits per heavy atom. The maximum absolute atomic E-state index is 13.9. The van der Waals surface area contributed by atoms with Gasteiger partial charge in [-0.2, -0.15) is 0 Å². The number of alkyl halides is 2. The number of halogens is 2. The first-order chi connectivity index (χ1) is 17.2. The van der Waals surface area contributed by atoms with Gasteiger partial charge in [-0.15, -0.1) is 0 Å². The number of rotatable bonds is 9. The van der Waals surface area contributed by atoms with Crippen molar-refractivity contribution in [3.8, 4) is 0 Å². The average Bonchev–Trinajstić information content (AvgIpc) is 3.33. The van der Waals surface area contributed by atoms with E-state index in [0.29, 0.717) is 30.0 Å². The molecule has 1 atom stereocenters. The lowest BCUT2D eigenvalue weighted by Crippen LogP contribution is -2.42. The molecule has 2 aromatic carbocycles. The molecule has 0 bridgehead atoms. The number of pyridine rings is 1. The molecule has 0 radical (unpaired) electrons. The molecule has 2 heterocycles. The molecule has 9 heteroatoms. The maximum Gasteiger partial charge on any atom is 0.272 e. The molecule has 0 spiro atoms. The Labute approximate surface area is 206 Å². The highest BCUT2D eigenvalue weighted by Crippen LogP contribution is 2.35. The number of benzene rings is 2. The number of H-pyrrole nitrogens is 1. The van der Waals surface area contributed by atoms with Crippen LogP contribution in [-0.2, 0) is 22.0 Å². The molecule has 0 unspecified atom stereocenters. The Hall–Kier alpha value is -3.85. The number of hydrogen-bond donors (Lipinski definition) is 3. The first-order valence-corrected chi connectivity index (χ1v) is 11.6. The van der Waals surface area contributed by atoms with Crippen molar-refractivity contribution < 1.29 is 23.1 Å². The molecule has 1 fully saturated rings. The van der Waals surface area contributed by atoms with Gasteiger partial charge in [0.1, 0.15) is 0 Å². The van der Waals surface area contributed by atoms with Crippen LogP contribution in [0.15, 0.2) is 71.7 Å². The van der Waals surface area contributed by atoms with Gasteiger partial charge in [0.05, 0.1) is 12.0 Å². The molecule has 1 saturated heterocycles. The van der Waals surface area contributed by atoms with E-state index in [0.717, 1.165) is 12.5 Å². The summed E-state index contributed by atoms with van der Waals surface area (Å²) in [5.74, 6) is -3.51. The molecule has 1 aliphatic heterocycles. The van der Waals surface area contributed by atoms with Crippen LogP contribution >= 0.6 is 0 Å². The van der Waals surface area contributed by atoms with E-state index in [1.165, 1.54) is 24.4 Å². The zero-order chi connectivity index (χ0) is 25.8. The van der Waals surface area contributed by atoms with Crippen LogP contribution in [-0.4, -0.2) is 29.9 Å². The van der Waals surface area contributed by atoms with Crippen molar-refractivity contribution in [3.05, 3.63) is 93.9 Å². The van der Waals surface area contributed by atoms with Gasteiger partial charge in [0.2, 0.25) is 11.5 Å². The minimum atomic E-state index is -2.98. The van der Waals surface area contributed by atoms with Gasteiger partial charge in [-0.25, -0.2) is 8.78 Å². The van der Waals surface area contributed by atoms with E-state index in [2.05, 4.69) is 15.6 Å². The Kier molecular flexibility index (Phi) is 7.30. The third kappa shape index (κ3) is 5.85. The molecule has 1 aliphatic rings. The average molecular weight is 496 g/mol. The lowest BCUT2D eigenvalue weighted by atomic mass is 9.80. The lowest BCUT2D eigenvalue weighted by molar-refractivity contribution is -0.131. The van der Waals surface area contributed by atoms with Gasteiger partial charge in [-0.3, -0.25) is 14.4 Å². The van der Waals surface area contributed by atoms with Gasteiger partial charge < -0.3 is 20.4 Å². The standard InChI is InChI=1S/C27H27F2N3O4/c1-26(28,29)21-4-2-3-5-22(21)32-20-9-6-18(7-10-20)15-31-25(35)27(12-13-36-17-27)14-23(33)19-8-11-24(34)30-16-19/h2-11,16,32H,12-15,17H2,1H3,(H,30,34)(H,31,35)/t27-/m0/s1. The number of ketones is 1. The third-order valence-corrected chi connectivity index (χ3v) is 6.28. The lowest BCUT2D eigenvalue weighted by Gasteiger charge is -2.25. The number of carbonyl (C=O) groups excluding carboxylic acids is 2. The largest absolute Gasteiger partial charge is 0.380 e. The molecular weight excluding hydrogens is 468 g/mol. The van der Waals surface area contributed by atoms with Crippen molar-refractivity contribution in [2.45, 2.75) is 32.2 Å². The Bertz CT molecular complexity index is 1270. The predicted octanol–water partition coefficient (Wildman–Crippen LogP) is 4.53. The number of para-hydroxylation sites is 1. The first kappa shape index (κ1) is 25.2. The van der Waals surface area contributed by atoms with Crippen molar-refractivity contribution in [2.75, 3.05) is 18.5 Å². The van der Waals surface area contributed by atoms with Gasteiger partial charge >= 0.3 is 0 Å². The molecule has 0 saturated carbocycles. The number of aromatic amines is 1. The number of Topliss-reactive ketones (excluding diaryl/α,β-unsaturated/α-hetero) is 1. The van der Waals surface area contributed by atoms with Gasteiger partial charge in [0.15, 0.2) is 5.78 Å². The molecule has 1 aromatic heterocycles. The van der Waals surface area contributed by atoms with E-state index in [9.17, 15) is 23.2 Å². The SMILES string of the molecule is CC(F)(F)c1ccccc1Nc1ccc(CNC(=O)[C@]2(CC(=O)c3ccc(=O)[nH]c3)CCOC2)cc1. The Balaban J connectivity index is 1.39. The molecule has 7 nitrogen and oxygen atoms in total. The second-order valence-electron chi connectivity index (χ2n) is 9.06. The highest BCUT2D eigenvalue weighted by Gasteiger charge is 2.44. The van der Waals surface area contributed by atoms with Crippen molar-refractivity contribution >= 4 is 23.1 Å². The van der Waals surface area contributed by atoms with Crippen molar-refractivity contribution in [1.82, 2.24) is 10.3 Å². The molecule has 0 aliphatic carbocycles. The molecule has 4 rings (SSSR count). The summed E-state index contributed by atoms with van der Waals surface area (Å²) >= 11 is 0. The van der Waals surface area contributed by atoms with E-state index in [-0.39, 0.29) is 42.4 Å². The summed E-state index contributed by atoms with van der Waals surface area (Å²) in [5.41, 5.74) is 0.710. The molecule has 188 valence electrons. The monoisotopic (exact) mass is 495 g/mol. The van der Waals surface area contributed by atoms with Gasteiger partial charge in [0.25, 0.3) is 5.92 Å². The minimum absolute atomic E-state index is 0.0325. The van der Waals surface area contributed by atoms with E-state index in [4.69, 9.17) is 4.74 Å². The summed E-state index contributed by atoms with van der Waals surface area (Å²) in [6.07, 6.45) is 1.73. The number of aromatic nitrogens is 1. The molecule has 3 aromatic rings. The highest BCUT2D eigenvalue weighted by atomic mass is 19.3. The van der Waals surface area contributed by atoms with Crippen molar-refractivity contribution in [1.29, 1.82) is 0 Å². The predicted molar refractivity (Wildman–Crippen MR) is 131 cm³/mol. The van der Waals surface area contributed by atoms with E-state index >= 15 is 0 Å². The summed E-state index contributed by atoms with van der Waals surface area (Å²) in [4.78, 5) is 39.6. The van der Waals surface area contributed by atoms with Crippen molar-refractivity contribution in [3.63, 3.8) is 0 Å². The van der Waals surface area contributed by atoms with Gasteiger partial charge in [-0.05, 0) is 36.2 Å². The summed E-state index contributed by atoms with van der Waals surface area (Å²) in [7, 11) is 0. The van der Waals surface area contributed by atoms with E-state index in [1.54, 1.807) is 42.5 Å². The molecule has 36 heavy (non-hydrogen) atoms. The summed E-state index contributed by atoms with van der Waals surface area (Å²) in [6, 6.07) is 16.0. The molecule has 3 N–H and O–H groups in total. The molecule has 1 amide bonds. The third-order valence-electron chi connectivity index (χ3n) is 6.28. The Morgan fingerprint density at radius 3 is 2.47 bits per heavy atom. The number of amides is 1. The fourth-order valence-electron chi connectivity index (χ4n) is 4.21. The van der Waals surface area contributed by atoms with Crippen LogP contribution in [0.3, 0.4) is 0 Å².